The first kappa shape index (κ1) is 12.4. The van der Waals surface area contributed by atoms with Crippen LogP contribution in [0.5, 0.6) is 0 Å². The topological polar surface area (TPSA) is 88.0 Å². The van der Waals surface area contributed by atoms with Gasteiger partial charge in [-0.3, -0.25) is 4.79 Å². The number of aromatic nitrogens is 3. The van der Waals surface area contributed by atoms with E-state index in [4.69, 9.17) is 5.11 Å². The van der Waals surface area contributed by atoms with E-state index in [-0.39, 0.29) is 5.95 Å². The number of hydrogen-bond donors (Lipinski definition) is 2. The Kier molecular flexibility index (Phi) is 4.16. The van der Waals surface area contributed by atoms with Crippen LogP contribution in [-0.4, -0.2) is 32.3 Å². The molecule has 0 bridgehead atoms. The summed E-state index contributed by atoms with van der Waals surface area (Å²) >= 11 is 0. The fourth-order valence-electron chi connectivity index (χ4n) is 1.25. The van der Waals surface area contributed by atoms with Crippen LogP contribution < -0.4 is 5.32 Å². The first-order valence-corrected chi connectivity index (χ1v) is 5.30. The van der Waals surface area contributed by atoms with E-state index in [1.807, 2.05) is 13.8 Å². The van der Waals surface area contributed by atoms with Gasteiger partial charge in [0.05, 0.1) is 11.4 Å². The van der Waals surface area contributed by atoms with Gasteiger partial charge in [-0.1, -0.05) is 13.8 Å². The largest absolute Gasteiger partial charge is 0.480 e. The molecule has 16 heavy (non-hydrogen) atoms. The zero-order chi connectivity index (χ0) is 12.1. The van der Waals surface area contributed by atoms with Crippen molar-refractivity contribution < 1.29 is 9.90 Å². The van der Waals surface area contributed by atoms with Crippen LogP contribution in [0, 0.1) is 0 Å². The molecule has 1 aromatic rings. The van der Waals surface area contributed by atoms with Gasteiger partial charge in [0.15, 0.2) is 0 Å². The Morgan fingerprint density at radius 3 is 2.44 bits per heavy atom. The Morgan fingerprint density at radius 2 is 1.94 bits per heavy atom. The van der Waals surface area contributed by atoms with Crippen molar-refractivity contribution in [2.24, 2.45) is 0 Å². The summed E-state index contributed by atoms with van der Waals surface area (Å²) in [4.78, 5) is 14.9. The fraction of sp³-hybridized carbons (Fsp3) is 0.600. The number of aliphatic carboxylic acids is 1. The number of hydrogen-bond acceptors (Lipinski definition) is 5. The molecule has 0 aliphatic carbocycles. The number of anilines is 1. The second kappa shape index (κ2) is 5.39. The van der Waals surface area contributed by atoms with Gasteiger partial charge in [-0.15, -0.1) is 5.10 Å². The van der Waals surface area contributed by atoms with Crippen LogP contribution in [-0.2, 0) is 17.6 Å². The van der Waals surface area contributed by atoms with Crippen molar-refractivity contribution in [1.82, 2.24) is 15.2 Å². The molecule has 0 saturated carbocycles. The molecule has 0 aromatic carbocycles. The molecule has 0 radical (unpaired) electrons. The zero-order valence-electron chi connectivity index (χ0n) is 9.69. The maximum absolute atomic E-state index is 10.6. The summed E-state index contributed by atoms with van der Waals surface area (Å²) < 4.78 is 0. The fourth-order valence-corrected chi connectivity index (χ4v) is 1.25. The second-order valence-corrected chi connectivity index (χ2v) is 3.44. The molecule has 0 unspecified atom stereocenters. The highest BCUT2D eigenvalue weighted by Crippen LogP contribution is 2.07. The van der Waals surface area contributed by atoms with E-state index in [0.29, 0.717) is 0 Å². The predicted octanol–water partition coefficient (Wildman–Crippen LogP) is 0.881. The molecule has 1 aromatic heterocycles. The highest BCUT2D eigenvalue weighted by Gasteiger charge is 2.13. The van der Waals surface area contributed by atoms with E-state index in [1.54, 1.807) is 0 Å². The lowest BCUT2D eigenvalue weighted by Crippen LogP contribution is -2.27. The third-order valence-electron chi connectivity index (χ3n) is 2.23. The van der Waals surface area contributed by atoms with E-state index < -0.39 is 12.0 Å². The van der Waals surface area contributed by atoms with Crippen molar-refractivity contribution in [2.45, 2.75) is 39.7 Å². The summed E-state index contributed by atoms with van der Waals surface area (Å²) in [7, 11) is 0. The molecule has 6 heteroatoms. The van der Waals surface area contributed by atoms with Gasteiger partial charge >= 0.3 is 5.97 Å². The average Bonchev–Trinajstić information content (AvgIpc) is 2.28. The Bertz CT molecular complexity index is 381. The molecule has 0 aliphatic heterocycles. The molecule has 0 spiro atoms. The number of carbonyl (C=O) groups is 1. The minimum atomic E-state index is -0.943. The van der Waals surface area contributed by atoms with Crippen LogP contribution in [0.2, 0.25) is 0 Å². The Morgan fingerprint density at radius 1 is 1.31 bits per heavy atom. The van der Waals surface area contributed by atoms with Gasteiger partial charge in [-0.2, -0.15) is 5.10 Å². The second-order valence-electron chi connectivity index (χ2n) is 3.44. The van der Waals surface area contributed by atoms with Crippen molar-refractivity contribution in [2.75, 3.05) is 5.32 Å². The molecule has 6 nitrogen and oxygen atoms in total. The van der Waals surface area contributed by atoms with E-state index in [1.165, 1.54) is 6.92 Å². The number of rotatable bonds is 5. The minimum Gasteiger partial charge on any atom is -0.480 e. The Labute approximate surface area is 94.1 Å². The molecule has 1 rings (SSSR count). The number of carboxylic acid groups (broad SMARTS) is 1. The molecule has 0 fully saturated rings. The minimum absolute atomic E-state index is 0.268. The number of nitrogens with one attached hydrogen (secondary N) is 1. The van der Waals surface area contributed by atoms with Crippen LogP contribution in [0.15, 0.2) is 0 Å². The van der Waals surface area contributed by atoms with E-state index >= 15 is 0 Å². The zero-order valence-corrected chi connectivity index (χ0v) is 9.69. The molecule has 0 aliphatic rings. The van der Waals surface area contributed by atoms with Crippen LogP contribution in [0.1, 0.15) is 32.2 Å². The molecule has 88 valence electrons. The van der Waals surface area contributed by atoms with Gasteiger partial charge in [0.2, 0.25) is 5.95 Å². The summed E-state index contributed by atoms with van der Waals surface area (Å²) in [6.07, 6.45) is 1.53. The van der Waals surface area contributed by atoms with Crippen molar-refractivity contribution in [1.29, 1.82) is 0 Å². The Balaban J connectivity index is 2.86. The normalized spacial score (nSPS) is 12.2. The highest BCUT2D eigenvalue weighted by molar-refractivity contribution is 5.75. The van der Waals surface area contributed by atoms with Gasteiger partial charge < -0.3 is 10.4 Å². The maximum atomic E-state index is 10.6. The third kappa shape index (κ3) is 2.88. The molecule has 0 saturated heterocycles. The Hall–Kier alpha value is -1.72. The smallest absolute Gasteiger partial charge is 0.325 e. The van der Waals surface area contributed by atoms with Crippen LogP contribution in [0.4, 0.5) is 5.95 Å². The summed E-state index contributed by atoms with van der Waals surface area (Å²) in [6, 6.07) is -0.723. The van der Waals surface area contributed by atoms with Crippen molar-refractivity contribution in [3.8, 4) is 0 Å². The lowest BCUT2D eigenvalue weighted by Gasteiger charge is -2.10. The predicted molar refractivity (Wildman–Crippen MR) is 59.3 cm³/mol. The first-order chi connectivity index (χ1) is 7.58. The quantitative estimate of drug-likeness (QED) is 0.772. The maximum Gasteiger partial charge on any atom is 0.325 e. The van der Waals surface area contributed by atoms with Gasteiger partial charge in [0.25, 0.3) is 0 Å². The van der Waals surface area contributed by atoms with E-state index in [9.17, 15) is 4.79 Å². The highest BCUT2D eigenvalue weighted by atomic mass is 16.4. The molecule has 1 atom stereocenters. The number of nitrogens with zero attached hydrogens (tertiary/aromatic N) is 3. The number of aryl methyl sites for hydroxylation is 2. The van der Waals surface area contributed by atoms with Crippen LogP contribution in [0.25, 0.3) is 0 Å². The van der Waals surface area contributed by atoms with Gasteiger partial charge in [-0.25, -0.2) is 4.98 Å². The molecular weight excluding hydrogens is 208 g/mol. The summed E-state index contributed by atoms with van der Waals surface area (Å²) in [6.45, 7) is 5.50. The molecule has 2 N–H and O–H groups in total. The number of carboxylic acids is 1. The molecule has 1 heterocycles. The average molecular weight is 224 g/mol. The SMILES string of the molecule is CCc1nnc(N[C@H](C)C(=O)O)nc1CC. The lowest BCUT2D eigenvalue weighted by atomic mass is 10.2. The van der Waals surface area contributed by atoms with E-state index in [2.05, 4.69) is 20.5 Å². The summed E-state index contributed by atoms with van der Waals surface area (Å²) in [5.41, 5.74) is 1.72. The summed E-state index contributed by atoms with van der Waals surface area (Å²) in [5.74, 6) is -0.676. The van der Waals surface area contributed by atoms with Crippen molar-refractivity contribution >= 4 is 11.9 Å². The lowest BCUT2D eigenvalue weighted by molar-refractivity contribution is -0.137. The van der Waals surface area contributed by atoms with Gasteiger partial charge in [0.1, 0.15) is 6.04 Å². The summed E-state index contributed by atoms with van der Waals surface area (Å²) in [5, 5.41) is 19.3. The van der Waals surface area contributed by atoms with Crippen molar-refractivity contribution in [3.05, 3.63) is 11.4 Å². The van der Waals surface area contributed by atoms with Gasteiger partial charge in [0, 0.05) is 0 Å². The van der Waals surface area contributed by atoms with Crippen LogP contribution in [0.3, 0.4) is 0 Å². The van der Waals surface area contributed by atoms with Gasteiger partial charge in [-0.05, 0) is 19.8 Å². The van der Waals surface area contributed by atoms with E-state index in [0.717, 1.165) is 24.2 Å². The standard InChI is InChI=1S/C10H16N4O2/c1-4-7-8(5-2)13-14-10(12-7)11-6(3)9(15)16/h6H,4-5H2,1-3H3,(H,15,16)(H,11,12,14)/t6-/m1/s1. The monoisotopic (exact) mass is 224 g/mol. The van der Waals surface area contributed by atoms with Crippen molar-refractivity contribution in [3.63, 3.8) is 0 Å². The molecule has 0 amide bonds. The van der Waals surface area contributed by atoms with Crippen LogP contribution >= 0.6 is 0 Å². The first-order valence-electron chi connectivity index (χ1n) is 5.30. The molecular formula is C10H16N4O2. The third-order valence-corrected chi connectivity index (χ3v) is 2.23.